The van der Waals surface area contributed by atoms with Crippen LogP contribution < -0.4 is 10.3 Å². The minimum atomic E-state index is -0.370. The Bertz CT molecular complexity index is 666. The molecule has 0 spiro atoms. The van der Waals surface area contributed by atoms with Crippen LogP contribution in [0, 0.1) is 22.2 Å². The molecule has 3 heterocycles. The second kappa shape index (κ2) is 5.28. The fraction of sp³-hybridized carbons (Fsp3) is 0.833. The van der Waals surface area contributed by atoms with Crippen molar-refractivity contribution in [3.63, 3.8) is 0 Å². The minimum absolute atomic E-state index is 0.0346. The van der Waals surface area contributed by atoms with Gasteiger partial charge in [0.25, 0.3) is 0 Å². The van der Waals surface area contributed by atoms with E-state index in [0.717, 1.165) is 0 Å². The predicted octanol–water partition coefficient (Wildman–Crippen LogP) is 1.40. The molecule has 3 aliphatic rings. The quantitative estimate of drug-likeness (QED) is 0.682. The van der Waals surface area contributed by atoms with E-state index in [4.69, 9.17) is 4.74 Å². The van der Waals surface area contributed by atoms with E-state index in [2.05, 4.69) is 86.7 Å². The summed E-state index contributed by atoms with van der Waals surface area (Å²) in [5.74, 6) is -0.431. The molecule has 0 unspecified atom stereocenters. The summed E-state index contributed by atoms with van der Waals surface area (Å²) in [6.45, 7) is 17.9. The van der Waals surface area contributed by atoms with Gasteiger partial charge >= 0.3 is 5.91 Å². The zero-order valence-electron chi connectivity index (χ0n) is 16.4. The lowest BCUT2D eigenvalue weighted by molar-refractivity contribution is -0.548. The van der Waals surface area contributed by atoms with Gasteiger partial charge in [0, 0.05) is 5.41 Å². The minimum Gasteiger partial charge on any atom is -0.350 e. The number of amides is 1. The van der Waals surface area contributed by atoms with E-state index in [1.807, 2.05) is 5.01 Å². The average Bonchev–Trinajstić information content (AvgIpc) is 2.81. The Morgan fingerprint density at radius 2 is 1.76 bits per heavy atom. The molecule has 1 fully saturated rings. The number of rotatable bonds is 1. The van der Waals surface area contributed by atoms with E-state index in [9.17, 15) is 4.79 Å². The molecule has 25 heavy (non-hydrogen) atoms. The lowest BCUT2D eigenvalue weighted by atomic mass is 9.48. The highest BCUT2D eigenvalue weighted by Crippen LogP contribution is 2.63. The number of hydrogen-bond acceptors (Lipinski definition) is 4. The molecule has 140 valence electrons. The maximum absolute atomic E-state index is 12.3. The van der Waals surface area contributed by atoms with Gasteiger partial charge in [-0.15, -0.1) is 0 Å². The molecule has 0 aromatic heterocycles. The van der Waals surface area contributed by atoms with Crippen LogP contribution in [0.25, 0.3) is 0 Å². The SMILES string of the molecule is CC1(C)O[C@H](N2N=C(Br)[C@@H]3C(=O)NC=[NH+][C@@H]32)C(C)(C)C(C)(C)C1(C)C. The summed E-state index contributed by atoms with van der Waals surface area (Å²) >= 11 is 3.48. The average molecular weight is 414 g/mol. The number of hydrogen-bond donors (Lipinski definition) is 2. The Morgan fingerprint density at radius 1 is 1.16 bits per heavy atom. The largest absolute Gasteiger partial charge is 0.350 e. The molecule has 0 aromatic rings. The van der Waals surface area contributed by atoms with Crippen molar-refractivity contribution in [2.75, 3.05) is 0 Å². The Morgan fingerprint density at radius 3 is 2.36 bits per heavy atom. The summed E-state index contributed by atoms with van der Waals surface area (Å²) in [4.78, 5) is 15.5. The van der Waals surface area contributed by atoms with Crippen LogP contribution in [0.1, 0.15) is 55.4 Å². The molecule has 0 aromatic carbocycles. The second-order valence-electron chi connectivity index (χ2n) is 9.50. The normalized spacial score (nSPS) is 37.3. The van der Waals surface area contributed by atoms with Gasteiger partial charge in [-0.3, -0.25) is 4.99 Å². The monoisotopic (exact) mass is 413 g/mol. The van der Waals surface area contributed by atoms with Crippen molar-refractivity contribution in [1.82, 2.24) is 10.3 Å². The Labute approximate surface area is 158 Å². The third kappa shape index (κ3) is 2.27. The third-order valence-electron chi connectivity index (χ3n) is 7.76. The number of ether oxygens (including phenoxy) is 1. The second-order valence-corrected chi connectivity index (χ2v) is 10.3. The zero-order chi connectivity index (χ0) is 19.0. The molecule has 3 aliphatic heterocycles. The Hall–Kier alpha value is -0.950. The van der Waals surface area contributed by atoms with Crippen molar-refractivity contribution in [3.05, 3.63) is 0 Å². The van der Waals surface area contributed by atoms with Gasteiger partial charge < -0.3 is 4.74 Å². The van der Waals surface area contributed by atoms with Gasteiger partial charge in [0.05, 0.1) is 5.60 Å². The summed E-state index contributed by atoms with van der Waals surface area (Å²) in [6, 6.07) is 0. The van der Waals surface area contributed by atoms with Crippen LogP contribution in [0.3, 0.4) is 0 Å². The molecule has 2 N–H and O–H groups in total. The lowest BCUT2D eigenvalue weighted by Gasteiger charge is -2.66. The summed E-state index contributed by atoms with van der Waals surface area (Å²) in [5.41, 5.74) is -0.637. The molecule has 1 saturated heterocycles. The van der Waals surface area contributed by atoms with Crippen molar-refractivity contribution in [2.45, 2.75) is 73.4 Å². The van der Waals surface area contributed by atoms with Crippen molar-refractivity contribution in [2.24, 2.45) is 27.3 Å². The number of fused-ring (bicyclic) bond motifs is 1. The fourth-order valence-corrected chi connectivity index (χ4v) is 4.89. The van der Waals surface area contributed by atoms with Gasteiger partial charge in [-0.1, -0.05) is 41.5 Å². The van der Waals surface area contributed by atoms with E-state index in [1.54, 1.807) is 6.34 Å². The van der Waals surface area contributed by atoms with Crippen LogP contribution in [0.15, 0.2) is 5.10 Å². The van der Waals surface area contributed by atoms with Crippen LogP contribution in [0.4, 0.5) is 0 Å². The number of nitrogens with one attached hydrogen (secondary N) is 2. The van der Waals surface area contributed by atoms with E-state index < -0.39 is 0 Å². The number of carbonyl (C=O) groups excluding carboxylic acids is 1. The molecular formula is C18H30BrN4O2+. The molecule has 6 nitrogen and oxygen atoms in total. The lowest BCUT2D eigenvalue weighted by Crippen LogP contribution is -2.89. The number of halogens is 1. The first-order valence-corrected chi connectivity index (χ1v) is 9.63. The maximum atomic E-state index is 12.3. The summed E-state index contributed by atoms with van der Waals surface area (Å²) < 4.78 is 7.30. The van der Waals surface area contributed by atoms with Gasteiger partial charge in [-0.25, -0.2) is 15.1 Å². The highest BCUT2D eigenvalue weighted by molar-refractivity contribution is 9.18. The molecule has 0 aliphatic carbocycles. The van der Waals surface area contributed by atoms with Crippen molar-refractivity contribution < 1.29 is 14.5 Å². The Balaban J connectivity index is 2.07. The van der Waals surface area contributed by atoms with Crippen molar-refractivity contribution in [3.8, 4) is 0 Å². The maximum Gasteiger partial charge on any atom is 0.323 e. The smallest absolute Gasteiger partial charge is 0.323 e. The zero-order valence-corrected chi connectivity index (χ0v) is 18.0. The molecule has 7 heteroatoms. The van der Waals surface area contributed by atoms with Gasteiger partial charge in [0.1, 0.15) is 4.62 Å². The molecular weight excluding hydrogens is 384 g/mol. The van der Waals surface area contributed by atoms with E-state index >= 15 is 0 Å². The topological polar surface area (TPSA) is 67.9 Å². The Kier molecular flexibility index (Phi) is 3.98. The fourth-order valence-electron chi connectivity index (χ4n) is 4.25. The first-order chi connectivity index (χ1) is 11.3. The van der Waals surface area contributed by atoms with E-state index in [1.165, 1.54) is 0 Å². The number of hydrazone groups is 1. The molecule has 0 saturated carbocycles. The van der Waals surface area contributed by atoms with E-state index in [0.29, 0.717) is 4.62 Å². The van der Waals surface area contributed by atoms with Crippen LogP contribution in [0.5, 0.6) is 0 Å². The van der Waals surface area contributed by atoms with Gasteiger partial charge in [0.2, 0.25) is 12.5 Å². The van der Waals surface area contributed by atoms with Gasteiger partial charge in [-0.2, -0.15) is 5.10 Å². The molecule has 0 bridgehead atoms. The molecule has 0 radical (unpaired) electrons. The molecule has 3 rings (SSSR count). The first kappa shape index (κ1) is 18.8. The van der Waals surface area contributed by atoms with Crippen LogP contribution in [-0.2, 0) is 9.53 Å². The standard InChI is InChI=1S/C18H29BrN4O2/c1-15(2)14(25-18(7,8)17(5,6)16(15,3)4)23-12-10(11(19)22-23)13(24)21-9-20-12/h9-10,12,14H,1-8H3,(H,20,21,24)/p+1/t10-,12+,14-/m0/s1. The number of carbonyl (C=O) groups is 1. The summed E-state index contributed by atoms with van der Waals surface area (Å²) in [6.07, 6.45) is 1.08. The summed E-state index contributed by atoms with van der Waals surface area (Å²) in [5, 5.41) is 9.33. The predicted molar refractivity (Wildman–Crippen MR) is 101 cm³/mol. The summed E-state index contributed by atoms with van der Waals surface area (Å²) in [7, 11) is 0. The van der Waals surface area contributed by atoms with Crippen molar-refractivity contribution >= 4 is 32.8 Å². The van der Waals surface area contributed by atoms with E-state index in [-0.39, 0.29) is 46.1 Å². The molecule has 1 amide bonds. The van der Waals surface area contributed by atoms with Gasteiger partial charge in [0.15, 0.2) is 12.1 Å². The first-order valence-electron chi connectivity index (χ1n) is 8.84. The van der Waals surface area contributed by atoms with Crippen LogP contribution in [-0.4, -0.2) is 39.9 Å². The third-order valence-corrected chi connectivity index (χ3v) is 8.41. The van der Waals surface area contributed by atoms with Crippen LogP contribution in [0.2, 0.25) is 0 Å². The van der Waals surface area contributed by atoms with Gasteiger partial charge in [-0.05, 0) is 40.6 Å². The highest BCUT2D eigenvalue weighted by Gasteiger charge is 2.66. The highest BCUT2D eigenvalue weighted by atomic mass is 79.9. The van der Waals surface area contributed by atoms with Crippen LogP contribution >= 0.6 is 15.9 Å². The van der Waals surface area contributed by atoms with Crippen molar-refractivity contribution in [1.29, 1.82) is 0 Å². The molecule has 3 atom stereocenters. The number of nitrogens with zero attached hydrogens (tertiary/aromatic N) is 2.